The molecule has 0 aromatic carbocycles. The van der Waals surface area contributed by atoms with Crippen molar-refractivity contribution in [3.8, 4) is 11.5 Å². The van der Waals surface area contributed by atoms with Gasteiger partial charge in [0.05, 0.1) is 6.26 Å². The van der Waals surface area contributed by atoms with Crippen molar-refractivity contribution >= 4 is 22.3 Å². The summed E-state index contributed by atoms with van der Waals surface area (Å²) in [5.74, 6) is 1.63. The molecular weight excluding hydrogens is 300 g/mol. The quantitative estimate of drug-likeness (QED) is 0.731. The van der Waals surface area contributed by atoms with E-state index in [1.807, 2.05) is 24.3 Å². The second-order valence-corrected chi connectivity index (χ2v) is 5.76. The highest BCUT2D eigenvalue weighted by atomic mass is 32.1. The number of piperazine rings is 1. The van der Waals surface area contributed by atoms with E-state index in [0.717, 1.165) is 48.6 Å². The third-order valence-electron chi connectivity index (χ3n) is 3.65. The lowest BCUT2D eigenvalue weighted by molar-refractivity contribution is 0.578. The van der Waals surface area contributed by atoms with Crippen LogP contribution in [0.15, 0.2) is 40.5 Å². The molecule has 1 saturated heterocycles. The minimum Gasteiger partial charge on any atom is -0.463 e. The average Bonchev–Trinajstić information content (AvgIpc) is 3.29. The smallest absolute Gasteiger partial charge is 0.208 e. The van der Waals surface area contributed by atoms with Gasteiger partial charge in [0.2, 0.25) is 5.13 Å². The van der Waals surface area contributed by atoms with E-state index in [-0.39, 0.29) is 0 Å². The first kappa shape index (κ1) is 13.2. The monoisotopic (exact) mass is 314 g/mol. The SMILES string of the molecule is c1coc(-c2ccc(N3CCN(c4nncs4)CC3)nn2)c1. The molecule has 7 nitrogen and oxygen atoms in total. The van der Waals surface area contributed by atoms with Crippen LogP contribution in [-0.4, -0.2) is 46.6 Å². The molecule has 0 N–H and O–H groups in total. The van der Waals surface area contributed by atoms with Crippen LogP contribution in [0, 0.1) is 0 Å². The second-order valence-electron chi connectivity index (χ2n) is 4.95. The molecule has 0 aliphatic carbocycles. The molecule has 0 saturated carbocycles. The van der Waals surface area contributed by atoms with Gasteiger partial charge >= 0.3 is 0 Å². The first-order chi connectivity index (χ1) is 10.9. The first-order valence-electron chi connectivity index (χ1n) is 7.04. The fraction of sp³-hybridized carbons (Fsp3) is 0.286. The van der Waals surface area contributed by atoms with Gasteiger partial charge < -0.3 is 14.2 Å². The van der Waals surface area contributed by atoms with Crippen molar-refractivity contribution in [3.63, 3.8) is 0 Å². The maximum atomic E-state index is 5.33. The number of aromatic nitrogens is 4. The summed E-state index contributed by atoms with van der Waals surface area (Å²) >= 11 is 1.57. The van der Waals surface area contributed by atoms with Crippen LogP contribution in [0.4, 0.5) is 10.9 Å². The van der Waals surface area contributed by atoms with Crippen molar-refractivity contribution in [1.29, 1.82) is 0 Å². The lowest BCUT2D eigenvalue weighted by Crippen LogP contribution is -2.46. The number of hydrogen-bond donors (Lipinski definition) is 0. The molecule has 22 heavy (non-hydrogen) atoms. The van der Waals surface area contributed by atoms with E-state index in [2.05, 4.69) is 30.2 Å². The van der Waals surface area contributed by atoms with Gasteiger partial charge in [0, 0.05) is 26.2 Å². The molecule has 1 aliphatic rings. The molecule has 8 heteroatoms. The Kier molecular flexibility index (Phi) is 3.43. The zero-order valence-electron chi connectivity index (χ0n) is 11.8. The number of hydrogen-bond acceptors (Lipinski definition) is 8. The lowest BCUT2D eigenvalue weighted by Gasteiger charge is -2.34. The predicted molar refractivity (Wildman–Crippen MR) is 84.1 cm³/mol. The van der Waals surface area contributed by atoms with E-state index < -0.39 is 0 Å². The van der Waals surface area contributed by atoms with Gasteiger partial charge in [-0.2, -0.15) is 0 Å². The predicted octanol–water partition coefficient (Wildman–Crippen LogP) is 1.91. The molecule has 0 bridgehead atoms. The van der Waals surface area contributed by atoms with Gasteiger partial charge in [-0.1, -0.05) is 11.3 Å². The minimum atomic E-state index is 0.736. The molecular formula is C14H14N6OS. The van der Waals surface area contributed by atoms with E-state index >= 15 is 0 Å². The summed E-state index contributed by atoms with van der Waals surface area (Å²) in [5.41, 5.74) is 2.52. The average molecular weight is 314 g/mol. The summed E-state index contributed by atoms with van der Waals surface area (Å²) in [7, 11) is 0. The van der Waals surface area contributed by atoms with E-state index in [4.69, 9.17) is 4.42 Å². The molecule has 0 atom stereocenters. The van der Waals surface area contributed by atoms with Crippen LogP contribution >= 0.6 is 11.3 Å². The third kappa shape index (κ3) is 2.52. The van der Waals surface area contributed by atoms with Crippen molar-refractivity contribution < 1.29 is 4.42 Å². The van der Waals surface area contributed by atoms with Crippen LogP contribution < -0.4 is 9.80 Å². The van der Waals surface area contributed by atoms with Crippen LogP contribution in [0.1, 0.15) is 0 Å². The molecule has 112 valence electrons. The number of rotatable bonds is 3. The Hall–Kier alpha value is -2.48. The fourth-order valence-electron chi connectivity index (χ4n) is 2.48. The van der Waals surface area contributed by atoms with Crippen molar-refractivity contribution in [1.82, 2.24) is 20.4 Å². The standard InChI is InChI=1S/C14H14N6OS/c1-2-12(21-9-1)11-3-4-13(17-16-11)19-5-7-20(8-6-19)14-18-15-10-22-14/h1-4,9-10H,5-8H2. The Bertz CT molecular complexity index is 704. The van der Waals surface area contributed by atoms with Crippen molar-refractivity contribution in [3.05, 3.63) is 36.0 Å². The molecule has 4 heterocycles. The molecule has 1 fully saturated rings. The van der Waals surface area contributed by atoms with Crippen LogP contribution in [0.25, 0.3) is 11.5 Å². The molecule has 0 amide bonds. The highest BCUT2D eigenvalue weighted by Gasteiger charge is 2.20. The zero-order valence-corrected chi connectivity index (χ0v) is 12.6. The van der Waals surface area contributed by atoms with Gasteiger partial charge in [0.1, 0.15) is 11.2 Å². The number of furan rings is 1. The van der Waals surface area contributed by atoms with E-state index in [9.17, 15) is 0 Å². The zero-order chi connectivity index (χ0) is 14.8. The Morgan fingerprint density at radius 3 is 2.45 bits per heavy atom. The molecule has 3 aromatic heterocycles. The van der Waals surface area contributed by atoms with Crippen LogP contribution in [0.2, 0.25) is 0 Å². The summed E-state index contributed by atoms with van der Waals surface area (Å²) in [6.45, 7) is 3.62. The van der Waals surface area contributed by atoms with Gasteiger partial charge in [-0.25, -0.2) is 0 Å². The van der Waals surface area contributed by atoms with Crippen molar-refractivity contribution in [2.75, 3.05) is 36.0 Å². The maximum absolute atomic E-state index is 5.33. The number of nitrogens with zero attached hydrogens (tertiary/aromatic N) is 6. The Balaban J connectivity index is 1.43. The normalized spacial score (nSPS) is 15.3. The van der Waals surface area contributed by atoms with Crippen LogP contribution in [0.5, 0.6) is 0 Å². The highest BCUT2D eigenvalue weighted by molar-refractivity contribution is 7.13. The van der Waals surface area contributed by atoms with Crippen molar-refractivity contribution in [2.24, 2.45) is 0 Å². The summed E-state index contributed by atoms with van der Waals surface area (Å²) in [6, 6.07) is 7.66. The van der Waals surface area contributed by atoms with Gasteiger partial charge in [0.15, 0.2) is 11.6 Å². The van der Waals surface area contributed by atoms with E-state index in [1.54, 1.807) is 23.1 Å². The lowest BCUT2D eigenvalue weighted by atomic mass is 10.3. The van der Waals surface area contributed by atoms with Crippen LogP contribution in [-0.2, 0) is 0 Å². The molecule has 1 aliphatic heterocycles. The van der Waals surface area contributed by atoms with E-state index in [0.29, 0.717) is 0 Å². The van der Waals surface area contributed by atoms with Gasteiger partial charge in [-0.15, -0.1) is 20.4 Å². The maximum Gasteiger partial charge on any atom is 0.208 e. The first-order valence-corrected chi connectivity index (χ1v) is 7.92. The third-order valence-corrected chi connectivity index (χ3v) is 4.40. The Morgan fingerprint density at radius 1 is 0.955 bits per heavy atom. The number of anilines is 2. The summed E-state index contributed by atoms with van der Waals surface area (Å²) < 4.78 is 5.33. The van der Waals surface area contributed by atoms with Gasteiger partial charge in [0.25, 0.3) is 0 Å². The molecule has 4 rings (SSSR count). The molecule has 0 radical (unpaired) electrons. The summed E-state index contributed by atoms with van der Waals surface area (Å²) in [6.07, 6.45) is 1.64. The molecule has 0 spiro atoms. The second kappa shape index (κ2) is 5.72. The largest absolute Gasteiger partial charge is 0.463 e. The summed E-state index contributed by atoms with van der Waals surface area (Å²) in [4.78, 5) is 4.48. The topological polar surface area (TPSA) is 71.2 Å². The van der Waals surface area contributed by atoms with Gasteiger partial charge in [-0.05, 0) is 24.3 Å². The summed E-state index contributed by atoms with van der Waals surface area (Å²) in [5, 5.41) is 17.6. The van der Waals surface area contributed by atoms with Crippen molar-refractivity contribution in [2.45, 2.75) is 0 Å². The van der Waals surface area contributed by atoms with E-state index in [1.165, 1.54) is 0 Å². The van der Waals surface area contributed by atoms with Crippen LogP contribution in [0.3, 0.4) is 0 Å². The van der Waals surface area contributed by atoms with Gasteiger partial charge in [-0.3, -0.25) is 0 Å². The Labute approximate surface area is 131 Å². The Morgan fingerprint density at radius 2 is 1.82 bits per heavy atom. The highest BCUT2D eigenvalue weighted by Crippen LogP contribution is 2.22. The molecule has 3 aromatic rings. The minimum absolute atomic E-state index is 0.736. The fourth-order valence-corrected chi connectivity index (χ4v) is 3.10. The molecule has 0 unspecified atom stereocenters.